The molecule has 0 spiro atoms. The van der Waals surface area contributed by atoms with E-state index in [2.05, 4.69) is 12.2 Å². The number of nitrogens with one attached hydrogen (secondary N) is 1. The first kappa shape index (κ1) is 25.1. The van der Waals surface area contributed by atoms with Crippen LogP contribution in [0.2, 0.25) is 0 Å². The quantitative estimate of drug-likeness (QED) is 0.238. The number of carbonyl (C=O) groups is 1. The summed E-state index contributed by atoms with van der Waals surface area (Å²) in [5, 5.41) is 22.0. The predicted molar refractivity (Wildman–Crippen MR) is 110 cm³/mol. The third kappa shape index (κ3) is 15.4. The van der Waals surface area contributed by atoms with Crippen LogP contribution in [0.25, 0.3) is 0 Å². The molecule has 0 heterocycles. The summed E-state index contributed by atoms with van der Waals surface area (Å²) in [4.78, 5) is 11.5. The Morgan fingerprint density at radius 1 is 0.885 bits per heavy atom. The molecule has 2 atom stereocenters. The molecular weight excluding hydrogens is 326 g/mol. The van der Waals surface area contributed by atoms with E-state index in [1.807, 2.05) is 13.0 Å². The van der Waals surface area contributed by atoms with E-state index in [0.717, 1.165) is 19.3 Å². The molecule has 0 unspecified atom stereocenters. The van der Waals surface area contributed by atoms with Gasteiger partial charge in [-0.05, 0) is 19.3 Å². The summed E-state index contributed by atoms with van der Waals surface area (Å²) in [7, 11) is 0. The first-order chi connectivity index (χ1) is 12.7. The minimum atomic E-state index is -0.825. The van der Waals surface area contributed by atoms with Gasteiger partial charge in [0.2, 0.25) is 5.91 Å². The van der Waals surface area contributed by atoms with E-state index < -0.39 is 12.1 Å². The van der Waals surface area contributed by atoms with Gasteiger partial charge in [-0.3, -0.25) is 4.79 Å². The molecule has 0 saturated carbocycles. The van der Waals surface area contributed by atoms with Gasteiger partial charge >= 0.3 is 0 Å². The zero-order valence-corrected chi connectivity index (χ0v) is 17.2. The zero-order chi connectivity index (χ0) is 19.5. The number of allylic oxidation sites excluding steroid dienone is 1. The number of carbonyl (C=O) groups excluding carboxylic acids is 1. The lowest BCUT2D eigenvalue weighted by Gasteiger charge is -2.19. The average Bonchev–Trinajstić information content (AvgIpc) is 2.63. The Morgan fingerprint density at radius 3 is 1.92 bits per heavy atom. The van der Waals surface area contributed by atoms with E-state index in [0.29, 0.717) is 6.42 Å². The molecule has 26 heavy (non-hydrogen) atoms. The third-order valence-electron chi connectivity index (χ3n) is 4.74. The van der Waals surface area contributed by atoms with Gasteiger partial charge < -0.3 is 15.5 Å². The fourth-order valence-corrected chi connectivity index (χ4v) is 3.04. The lowest BCUT2D eigenvalue weighted by molar-refractivity contribution is -0.122. The molecule has 4 heteroatoms. The Hall–Kier alpha value is -0.870. The molecule has 3 N–H and O–H groups in total. The average molecular weight is 370 g/mol. The molecule has 154 valence electrons. The van der Waals surface area contributed by atoms with Crippen LogP contribution in [0.1, 0.15) is 104 Å². The van der Waals surface area contributed by atoms with E-state index in [9.17, 15) is 15.0 Å². The molecule has 0 aromatic heterocycles. The zero-order valence-electron chi connectivity index (χ0n) is 17.2. The SMILES string of the molecule is CCCCCCCCCCCCC/C=C/[C@@H](O)[C@H](CO)NC(=O)CCC. The molecule has 0 rings (SSSR count). The molecule has 0 aliphatic carbocycles. The summed E-state index contributed by atoms with van der Waals surface area (Å²) < 4.78 is 0. The van der Waals surface area contributed by atoms with Gasteiger partial charge in [-0.1, -0.05) is 90.2 Å². The van der Waals surface area contributed by atoms with Crippen LogP contribution in [0.15, 0.2) is 12.2 Å². The minimum absolute atomic E-state index is 0.121. The van der Waals surface area contributed by atoms with E-state index in [1.165, 1.54) is 64.2 Å². The van der Waals surface area contributed by atoms with Gasteiger partial charge in [0, 0.05) is 6.42 Å². The lowest BCUT2D eigenvalue weighted by atomic mass is 10.0. The van der Waals surface area contributed by atoms with Crippen molar-refractivity contribution < 1.29 is 15.0 Å². The number of rotatable bonds is 18. The van der Waals surface area contributed by atoms with Gasteiger partial charge in [-0.2, -0.15) is 0 Å². The van der Waals surface area contributed by atoms with E-state index in [-0.39, 0.29) is 12.5 Å². The van der Waals surface area contributed by atoms with E-state index >= 15 is 0 Å². The largest absolute Gasteiger partial charge is 0.394 e. The highest BCUT2D eigenvalue weighted by molar-refractivity contribution is 5.76. The molecular formula is C22H43NO3. The van der Waals surface area contributed by atoms with Crippen LogP contribution in [-0.2, 0) is 4.79 Å². The van der Waals surface area contributed by atoms with Crippen LogP contribution in [0, 0.1) is 0 Å². The second kappa shape index (κ2) is 18.9. The maximum absolute atomic E-state index is 11.5. The van der Waals surface area contributed by atoms with Gasteiger partial charge in [-0.25, -0.2) is 0 Å². The number of amides is 1. The molecule has 0 bridgehead atoms. The second-order valence-electron chi connectivity index (χ2n) is 7.35. The van der Waals surface area contributed by atoms with Gasteiger partial charge in [0.1, 0.15) is 0 Å². The van der Waals surface area contributed by atoms with E-state index in [1.54, 1.807) is 6.08 Å². The summed E-state index contributed by atoms with van der Waals surface area (Å²) in [5.41, 5.74) is 0. The lowest BCUT2D eigenvalue weighted by Crippen LogP contribution is -2.45. The number of hydrogen-bond acceptors (Lipinski definition) is 3. The highest BCUT2D eigenvalue weighted by Gasteiger charge is 2.17. The number of aliphatic hydroxyl groups excluding tert-OH is 2. The van der Waals surface area contributed by atoms with Crippen molar-refractivity contribution in [1.82, 2.24) is 5.32 Å². The third-order valence-corrected chi connectivity index (χ3v) is 4.74. The first-order valence-electron chi connectivity index (χ1n) is 10.9. The highest BCUT2D eigenvalue weighted by atomic mass is 16.3. The molecule has 4 nitrogen and oxygen atoms in total. The van der Waals surface area contributed by atoms with Crippen molar-refractivity contribution in [3.63, 3.8) is 0 Å². The number of aliphatic hydroxyl groups is 2. The van der Waals surface area contributed by atoms with Crippen molar-refractivity contribution in [2.45, 2.75) is 116 Å². The van der Waals surface area contributed by atoms with Gasteiger partial charge in [0.05, 0.1) is 18.8 Å². The van der Waals surface area contributed by atoms with Crippen LogP contribution in [0.4, 0.5) is 0 Å². The number of hydrogen-bond donors (Lipinski definition) is 3. The van der Waals surface area contributed by atoms with Gasteiger partial charge in [-0.15, -0.1) is 0 Å². The van der Waals surface area contributed by atoms with Crippen molar-refractivity contribution in [3.8, 4) is 0 Å². The maximum atomic E-state index is 11.5. The Morgan fingerprint density at radius 2 is 1.42 bits per heavy atom. The van der Waals surface area contributed by atoms with Gasteiger partial charge in [0.25, 0.3) is 0 Å². The van der Waals surface area contributed by atoms with Crippen molar-refractivity contribution >= 4 is 5.91 Å². The summed E-state index contributed by atoms with van der Waals surface area (Å²) in [6, 6.07) is -0.609. The first-order valence-corrected chi connectivity index (χ1v) is 10.9. The smallest absolute Gasteiger partial charge is 0.220 e. The predicted octanol–water partition coefficient (Wildman–Crippen LogP) is 4.88. The molecule has 0 aliphatic rings. The summed E-state index contributed by atoms with van der Waals surface area (Å²) in [6.07, 6.45) is 19.6. The van der Waals surface area contributed by atoms with Crippen LogP contribution in [0.3, 0.4) is 0 Å². The molecule has 0 aromatic rings. The van der Waals surface area contributed by atoms with E-state index in [4.69, 9.17) is 0 Å². The van der Waals surface area contributed by atoms with Crippen molar-refractivity contribution in [1.29, 1.82) is 0 Å². The maximum Gasteiger partial charge on any atom is 0.220 e. The van der Waals surface area contributed by atoms with Crippen molar-refractivity contribution in [3.05, 3.63) is 12.2 Å². The summed E-state index contributed by atoms with van der Waals surface area (Å²) in [6.45, 7) is 3.93. The highest BCUT2D eigenvalue weighted by Crippen LogP contribution is 2.12. The molecule has 1 amide bonds. The van der Waals surface area contributed by atoms with Crippen molar-refractivity contribution in [2.75, 3.05) is 6.61 Å². The second-order valence-corrected chi connectivity index (χ2v) is 7.35. The Balaban J connectivity index is 3.59. The monoisotopic (exact) mass is 369 g/mol. The van der Waals surface area contributed by atoms with Crippen molar-refractivity contribution in [2.24, 2.45) is 0 Å². The standard InChI is InChI=1S/C22H43NO3/c1-3-5-6-7-8-9-10-11-12-13-14-15-16-18-21(25)20(19-24)23-22(26)17-4-2/h16,18,20-21,24-25H,3-15,17,19H2,1-2H3,(H,23,26)/b18-16+/t20-,21+/m0/s1. The molecule has 0 saturated heterocycles. The molecule has 0 aliphatic heterocycles. The van der Waals surface area contributed by atoms with Crippen LogP contribution in [0.5, 0.6) is 0 Å². The van der Waals surface area contributed by atoms with Crippen LogP contribution >= 0.6 is 0 Å². The summed E-state index contributed by atoms with van der Waals surface area (Å²) in [5.74, 6) is -0.121. The molecule has 0 aromatic carbocycles. The normalized spacial score (nSPS) is 13.8. The Bertz CT molecular complexity index is 344. The number of unbranched alkanes of at least 4 members (excludes halogenated alkanes) is 11. The van der Waals surface area contributed by atoms with Crippen LogP contribution in [-0.4, -0.2) is 34.9 Å². The fraction of sp³-hybridized carbons (Fsp3) is 0.864. The summed E-state index contributed by atoms with van der Waals surface area (Å²) >= 11 is 0. The van der Waals surface area contributed by atoms with Crippen LogP contribution < -0.4 is 5.32 Å². The topological polar surface area (TPSA) is 69.6 Å². The molecule has 0 fully saturated rings. The Kier molecular flexibility index (Phi) is 18.3. The Labute approximate surface area is 161 Å². The molecule has 0 radical (unpaired) electrons. The minimum Gasteiger partial charge on any atom is -0.394 e. The van der Waals surface area contributed by atoms with Gasteiger partial charge in [0.15, 0.2) is 0 Å². The fourth-order valence-electron chi connectivity index (χ4n) is 3.04.